The lowest BCUT2D eigenvalue weighted by molar-refractivity contribution is -0.347. The molecule has 0 radical (unpaired) electrons. The minimum Gasteiger partial charge on any atom is -0.743 e. The molecular weight excluding hydrogens is 483 g/mol. The summed E-state index contributed by atoms with van der Waals surface area (Å²) in [6.07, 6.45) is -9.30. The third-order valence-corrected chi connectivity index (χ3v) is 4.35. The van der Waals surface area contributed by atoms with Gasteiger partial charge in [-0.25, -0.2) is 13.2 Å². The Morgan fingerprint density at radius 2 is 1.50 bits per heavy atom. The van der Waals surface area contributed by atoms with E-state index in [1.165, 1.54) is 20.8 Å². The van der Waals surface area contributed by atoms with Crippen LogP contribution in [0, 0.1) is 0 Å². The number of carbonyl (C=O) groups excluding carboxylic acids is 2. The molecule has 0 fully saturated rings. The van der Waals surface area contributed by atoms with Gasteiger partial charge in [-0.3, -0.25) is 4.79 Å². The quantitative estimate of drug-likeness (QED) is 0.121. The van der Waals surface area contributed by atoms with Crippen LogP contribution in [0.25, 0.3) is 0 Å². The van der Waals surface area contributed by atoms with E-state index < -0.39 is 75.7 Å². The highest BCUT2D eigenvalue weighted by molar-refractivity contribution is 7.86. The zero-order valence-electron chi connectivity index (χ0n) is 17.2. The van der Waals surface area contributed by atoms with Gasteiger partial charge in [-0.05, 0) is 34.1 Å². The van der Waals surface area contributed by atoms with Crippen LogP contribution in [0.5, 0.6) is 0 Å². The lowest BCUT2D eigenvalue weighted by Crippen LogP contribution is -2.64. The first-order valence-electron chi connectivity index (χ1n) is 8.54. The van der Waals surface area contributed by atoms with Gasteiger partial charge in [0.2, 0.25) is 0 Å². The maximum absolute atomic E-state index is 13.7. The highest BCUT2D eigenvalue weighted by Gasteiger charge is 2.67. The van der Waals surface area contributed by atoms with Crippen LogP contribution in [0.1, 0.15) is 40.5 Å². The average Bonchev–Trinajstić information content (AvgIpc) is 2.53. The minimum absolute atomic E-state index is 0.599. The number of carbonyl (C=O) groups is 2. The van der Waals surface area contributed by atoms with Crippen molar-refractivity contribution in [1.82, 2.24) is 5.32 Å². The van der Waals surface area contributed by atoms with Gasteiger partial charge in [0.1, 0.15) is 0 Å². The Morgan fingerprint density at radius 3 is 1.84 bits per heavy atom. The Bertz CT molecular complexity index is 835. The average molecular weight is 504 g/mol. The fourth-order valence-electron chi connectivity index (χ4n) is 1.89. The van der Waals surface area contributed by atoms with Gasteiger partial charge in [-0.2, -0.15) is 30.7 Å². The van der Waals surface area contributed by atoms with E-state index in [1.807, 2.05) is 5.32 Å². The number of hydrogen-bond donors (Lipinski definition) is 1. The van der Waals surface area contributed by atoms with Crippen molar-refractivity contribution in [2.45, 2.75) is 69.2 Å². The molecule has 0 aliphatic rings. The number of nitrogens with one attached hydrogen (secondary N) is 1. The maximum Gasteiger partial charge on any atom is 0.466 e. The molecule has 0 spiro atoms. The number of ether oxygens (including phenoxy) is 2. The van der Waals surface area contributed by atoms with Gasteiger partial charge in [-0.1, -0.05) is 6.58 Å². The van der Waals surface area contributed by atoms with Crippen molar-refractivity contribution in [3.63, 3.8) is 0 Å². The Balaban J connectivity index is 5.88. The molecule has 1 unspecified atom stereocenters. The van der Waals surface area contributed by atoms with Crippen LogP contribution in [-0.4, -0.2) is 60.1 Å². The highest BCUT2D eigenvalue weighted by Crippen LogP contribution is 2.42. The molecule has 0 aliphatic heterocycles. The van der Waals surface area contributed by atoms with Crippen LogP contribution in [-0.2, 0) is 29.2 Å². The molecule has 0 aromatic heterocycles. The summed E-state index contributed by atoms with van der Waals surface area (Å²) < 4.78 is 134. The second-order valence-corrected chi connectivity index (χ2v) is 9.04. The molecule has 0 aromatic rings. The van der Waals surface area contributed by atoms with Crippen LogP contribution in [0.15, 0.2) is 12.2 Å². The summed E-state index contributed by atoms with van der Waals surface area (Å²) in [4.78, 5) is 24.0. The van der Waals surface area contributed by atoms with E-state index in [0.29, 0.717) is 0 Å². The number of halogens is 7. The molecule has 0 aromatic carbocycles. The van der Waals surface area contributed by atoms with Crippen molar-refractivity contribution < 1.29 is 62.8 Å². The standard InChI is InChI=1S/C16H22F7NO7S/c1-9(2)10(25)31-14(15(19,20)21,11(26)24-12(3,4)5)30-8-6-7-13(17,18)16(22,23)32(27,28)29/h1,6-8H2,2-5H3,(H,24,26)(H,27,28,29)/p-1. The van der Waals surface area contributed by atoms with Gasteiger partial charge in [0.15, 0.2) is 10.1 Å². The smallest absolute Gasteiger partial charge is 0.466 e. The van der Waals surface area contributed by atoms with E-state index in [-0.39, 0.29) is 0 Å². The molecular formula is C16H21F7NO7S-. The first kappa shape index (κ1) is 30.1. The van der Waals surface area contributed by atoms with Crippen LogP contribution in [0.2, 0.25) is 0 Å². The Hall–Kier alpha value is -1.94. The summed E-state index contributed by atoms with van der Waals surface area (Å²) in [6, 6.07) is 0. The molecule has 0 aliphatic carbocycles. The largest absolute Gasteiger partial charge is 0.743 e. The molecule has 0 saturated heterocycles. The number of amides is 1. The lowest BCUT2D eigenvalue weighted by Gasteiger charge is -2.35. The Morgan fingerprint density at radius 1 is 1.03 bits per heavy atom. The van der Waals surface area contributed by atoms with Gasteiger partial charge in [0.25, 0.3) is 0 Å². The van der Waals surface area contributed by atoms with Crippen molar-refractivity contribution in [2.24, 2.45) is 0 Å². The third-order valence-electron chi connectivity index (χ3n) is 3.43. The molecule has 8 nitrogen and oxygen atoms in total. The van der Waals surface area contributed by atoms with Crippen LogP contribution in [0.4, 0.5) is 30.7 Å². The number of esters is 1. The van der Waals surface area contributed by atoms with Crippen molar-refractivity contribution >= 4 is 22.0 Å². The zero-order valence-corrected chi connectivity index (χ0v) is 18.1. The first-order chi connectivity index (χ1) is 13.9. The van der Waals surface area contributed by atoms with E-state index in [4.69, 9.17) is 0 Å². The molecule has 188 valence electrons. The summed E-state index contributed by atoms with van der Waals surface area (Å²) in [6.45, 7) is 6.17. The third kappa shape index (κ3) is 7.03. The number of hydrogen-bond acceptors (Lipinski definition) is 7. The monoisotopic (exact) mass is 504 g/mol. The van der Waals surface area contributed by atoms with Gasteiger partial charge >= 0.3 is 35.0 Å². The highest BCUT2D eigenvalue weighted by atomic mass is 32.2. The molecule has 0 heterocycles. The van der Waals surface area contributed by atoms with Crippen LogP contribution >= 0.6 is 0 Å². The summed E-state index contributed by atoms with van der Waals surface area (Å²) in [5, 5.41) is -4.23. The first-order valence-corrected chi connectivity index (χ1v) is 9.95. The van der Waals surface area contributed by atoms with Gasteiger partial charge in [0.05, 0.1) is 6.61 Å². The second-order valence-electron chi connectivity index (χ2n) is 7.62. The van der Waals surface area contributed by atoms with Gasteiger partial charge in [-0.15, -0.1) is 0 Å². The van der Waals surface area contributed by atoms with E-state index in [2.05, 4.69) is 16.1 Å². The molecule has 32 heavy (non-hydrogen) atoms. The van der Waals surface area contributed by atoms with E-state index in [1.54, 1.807) is 0 Å². The minimum atomic E-state index is -6.81. The fourth-order valence-corrected chi connectivity index (χ4v) is 2.36. The zero-order chi connectivity index (χ0) is 26.0. The van der Waals surface area contributed by atoms with Crippen molar-refractivity contribution in [3.05, 3.63) is 12.2 Å². The topological polar surface area (TPSA) is 122 Å². The lowest BCUT2D eigenvalue weighted by atomic mass is 10.1. The van der Waals surface area contributed by atoms with Crippen LogP contribution < -0.4 is 5.32 Å². The molecule has 1 N–H and O–H groups in total. The predicted molar refractivity (Wildman–Crippen MR) is 92.4 cm³/mol. The van der Waals surface area contributed by atoms with Crippen molar-refractivity contribution in [3.8, 4) is 0 Å². The van der Waals surface area contributed by atoms with E-state index in [9.17, 15) is 53.3 Å². The van der Waals surface area contributed by atoms with E-state index >= 15 is 0 Å². The van der Waals surface area contributed by atoms with Crippen molar-refractivity contribution in [2.75, 3.05) is 6.61 Å². The SMILES string of the molecule is C=C(C)C(=O)OC(OCCCC(F)(F)C(F)(F)S(=O)(=O)[O-])(C(=O)NC(C)(C)C)C(F)(F)F. The van der Waals surface area contributed by atoms with Gasteiger partial charge < -0.3 is 19.3 Å². The molecule has 0 bridgehead atoms. The normalized spacial score (nSPS) is 15.6. The maximum atomic E-state index is 13.7. The number of alkyl halides is 7. The molecule has 0 rings (SSSR count). The number of rotatable bonds is 10. The molecule has 1 atom stereocenters. The summed E-state index contributed by atoms with van der Waals surface area (Å²) >= 11 is 0. The van der Waals surface area contributed by atoms with E-state index in [0.717, 1.165) is 6.92 Å². The predicted octanol–water partition coefficient (Wildman–Crippen LogP) is 2.85. The summed E-state index contributed by atoms with van der Waals surface area (Å²) in [5.74, 6) is -13.7. The second kappa shape index (κ2) is 9.51. The fraction of sp³-hybridized carbons (Fsp3) is 0.750. The Labute approximate surface area is 178 Å². The van der Waals surface area contributed by atoms with Crippen LogP contribution in [0.3, 0.4) is 0 Å². The summed E-state index contributed by atoms with van der Waals surface area (Å²) in [5.41, 5.74) is -1.93. The summed E-state index contributed by atoms with van der Waals surface area (Å²) in [7, 11) is -6.81. The van der Waals surface area contributed by atoms with Gasteiger partial charge in [0, 0.05) is 17.5 Å². The van der Waals surface area contributed by atoms with Crippen molar-refractivity contribution in [1.29, 1.82) is 0 Å². The molecule has 1 amide bonds. The Kier molecular flexibility index (Phi) is 8.93. The molecule has 0 saturated carbocycles. The molecule has 16 heteroatoms.